The number of benzene rings is 1. The Morgan fingerprint density at radius 1 is 1.53 bits per heavy atom. The van der Waals surface area contributed by atoms with Crippen LogP contribution in [0.5, 0.6) is 5.75 Å². The van der Waals surface area contributed by atoms with Crippen molar-refractivity contribution in [2.75, 3.05) is 25.1 Å². The van der Waals surface area contributed by atoms with Crippen LogP contribution in [0.1, 0.15) is 13.3 Å². The van der Waals surface area contributed by atoms with Crippen LogP contribution in [0.4, 0.5) is 5.69 Å². The van der Waals surface area contributed by atoms with Crippen LogP contribution in [-0.4, -0.2) is 34.8 Å². The van der Waals surface area contributed by atoms with Gasteiger partial charge in [-0.2, -0.15) is 0 Å². The van der Waals surface area contributed by atoms with Crippen molar-refractivity contribution in [3.63, 3.8) is 0 Å². The quantitative estimate of drug-likeness (QED) is 0.730. The average molecular weight is 284 g/mol. The van der Waals surface area contributed by atoms with Gasteiger partial charge in [-0.05, 0) is 18.6 Å². The van der Waals surface area contributed by atoms with Crippen molar-refractivity contribution in [3.05, 3.63) is 24.3 Å². The molecule has 3 N–H and O–H groups in total. The Morgan fingerprint density at radius 2 is 2.26 bits per heavy atom. The van der Waals surface area contributed by atoms with Crippen molar-refractivity contribution < 1.29 is 13.7 Å². The Balaban J connectivity index is 2.23. The van der Waals surface area contributed by atoms with Crippen molar-refractivity contribution in [2.45, 2.75) is 18.6 Å². The van der Waals surface area contributed by atoms with Gasteiger partial charge >= 0.3 is 0 Å². The Hall–Kier alpha value is -1.56. The van der Waals surface area contributed by atoms with Crippen molar-refractivity contribution >= 4 is 22.4 Å². The lowest BCUT2D eigenvalue weighted by atomic mass is 10.3. The molecule has 0 bridgehead atoms. The van der Waals surface area contributed by atoms with Crippen LogP contribution in [0.15, 0.2) is 24.3 Å². The SMILES string of the molecule is CC(CCNC(=O)COc1cccc(N)c1)S(C)=O. The van der Waals surface area contributed by atoms with E-state index in [1.807, 2.05) is 6.92 Å². The van der Waals surface area contributed by atoms with Crippen molar-refractivity contribution in [1.82, 2.24) is 5.32 Å². The predicted molar refractivity (Wildman–Crippen MR) is 77.5 cm³/mol. The first-order chi connectivity index (χ1) is 8.99. The van der Waals surface area contributed by atoms with E-state index in [1.165, 1.54) is 0 Å². The van der Waals surface area contributed by atoms with E-state index in [4.69, 9.17) is 10.5 Å². The fraction of sp³-hybridized carbons (Fsp3) is 0.462. The smallest absolute Gasteiger partial charge is 0.257 e. The molecule has 5 nitrogen and oxygen atoms in total. The van der Waals surface area contributed by atoms with E-state index in [-0.39, 0.29) is 17.8 Å². The Bertz CT molecular complexity index is 451. The summed E-state index contributed by atoms with van der Waals surface area (Å²) in [5.74, 6) is 0.370. The second kappa shape index (κ2) is 7.78. The third-order valence-corrected chi connectivity index (χ3v) is 4.04. The molecule has 2 unspecified atom stereocenters. The molecule has 6 heteroatoms. The van der Waals surface area contributed by atoms with E-state index in [2.05, 4.69) is 5.32 Å². The molecule has 0 saturated heterocycles. The summed E-state index contributed by atoms with van der Waals surface area (Å²) >= 11 is 0. The lowest BCUT2D eigenvalue weighted by molar-refractivity contribution is -0.123. The molecule has 0 radical (unpaired) electrons. The summed E-state index contributed by atoms with van der Waals surface area (Å²) in [6, 6.07) is 6.92. The molecule has 0 fully saturated rings. The van der Waals surface area contributed by atoms with Gasteiger partial charge in [-0.3, -0.25) is 9.00 Å². The second-order valence-electron chi connectivity index (χ2n) is 4.31. The monoisotopic (exact) mass is 284 g/mol. The van der Waals surface area contributed by atoms with Gasteiger partial charge in [-0.1, -0.05) is 13.0 Å². The molecule has 1 amide bonds. The molecule has 0 aliphatic rings. The van der Waals surface area contributed by atoms with Gasteiger partial charge in [0.15, 0.2) is 6.61 Å². The normalized spacial score (nSPS) is 13.6. The molecular formula is C13H20N2O3S. The fourth-order valence-corrected chi connectivity index (χ4v) is 1.83. The average Bonchev–Trinajstić information content (AvgIpc) is 2.36. The minimum absolute atomic E-state index is 0.0486. The highest BCUT2D eigenvalue weighted by Crippen LogP contribution is 2.13. The number of nitrogens with one attached hydrogen (secondary N) is 1. The zero-order chi connectivity index (χ0) is 14.3. The van der Waals surface area contributed by atoms with Crippen LogP contribution in [0.2, 0.25) is 0 Å². The highest BCUT2D eigenvalue weighted by molar-refractivity contribution is 7.84. The second-order valence-corrected chi connectivity index (χ2v) is 6.11. The summed E-state index contributed by atoms with van der Waals surface area (Å²) in [7, 11) is -0.858. The number of nitrogens with two attached hydrogens (primary N) is 1. The Morgan fingerprint density at radius 3 is 2.89 bits per heavy atom. The number of carbonyl (C=O) groups is 1. The van der Waals surface area contributed by atoms with Crippen LogP contribution in [-0.2, 0) is 15.6 Å². The maximum Gasteiger partial charge on any atom is 0.257 e. The summed E-state index contributed by atoms with van der Waals surface area (Å²) in [4.78, 5) is 11.5. The summed E-state index contributed by atoms with van der Waals surface area (Å²) in [6.07, 6.45) is 2.35. The zero-order valence-electron chi connectivity index (χ0n) is 11.2. The minimum Gasteiger partial charge on any atom is -0.484 e. The predicted octanol–water partition coefficient (Wildman–Crippen LogP) is 0.921. The molecule has 19 heavy (non-hydrogen) atoms. The topological polar surface area (TPSA) is 81.4 Å². The van der Waals surface area contributed by atoms with E-state index in [0.717, 1.165) is 0 Å². The van der Waals surface area contributed by atoms with E-state index >= 15 is 0 Å². The van der Waals surface area contributed by atoms with E-state index in [9.17, 15) is 9.00 Å². The molecule has 0 aliphatic heterocycles. The summed E-state index contributed by atoms with van der Waals surface area (Å²) in [5.41, 5.74) is 6.19. The van der Waals surface area contributed by atoms with Gasteiger partial charge in [0.1, 0.15) is 5.75 Å². The highest BCUT2D eigenvalue weighted by atomic mass is 32.2. The lowest BCUT2D eigenvalue weighted by Crippen LogP contribution is -2.31. The molecular weight excluding hydrogens is 264 g/mol. The summed E-state index contributed by atoms with van der Waals surface area (Å²) in [5, 5.41) is 2.80. The zero-order valence-corrected chi connectivity index (χ0v) is 12.0. The number of ether oxygens (including phenoxy) is 1. The maximum atomic E-state index is 11.5. The first-order valence-corrected chi connectivity index (χ1v) is 7.68. The standard InChI is InChI=1S/C13H20N2O3S/c1-10(19(2)17)6-7-15-13(16)9-18-12-5-3-4-11(14)8-12/h3-5,8,10H,6-7,9,14H2,1-2H3,(H,15,16). The van der Waals surface area contributed by atoms with Gasteiger partial charge in [-0.25, -0.2) is 0 Å². The van der Waals surface area contributed by atoms with Gasteiger partial charge in [0.2, 0.25) is 0 Å². The Labute approximate surface area is 116 Å². The molecule has 0 saturated carbocycles. The number of nitrogen functional groups attached to an aromatic ring is 1. The molecule has 0 aliphatic carbocycles. The van der Waals surface area contributed by atoms with Gasteiger partial charge in [0.05, 0.1) is 0 Å². The number of amides is 1. The highest BCUT2D eigenvalue weighted by Gasteiger charge is 2.07. The van der Waals surface area contributed by atoms with Crippen LogP contribution < -0.4 is 15.8 Å². The number of anilines is 1. The number of hydrogen-bond donors (Lipinski definition) is 2. The third-order valence-electron chi connectivity index (χ3n) is 2.67. The number of rotatable bonds is 7. The molecule has 1 aromatic carbocycles. The first kappa shape index (κ1) is 15.5. The molecule has 1 rings (SSSR count). The molecule has 106 valence electrons. The first-order valence-electron chi connectivity index (χ1n) is 6.06. The number of hydrogen-bond acceptors (Lipinski definition) is 4. The van der Waals surface area contributed by atoms with E-state index in [0.29, 0.717) is 24.4 Å². The third kappa shape index (κ3) is 6.24. The van der Waals surface area contributed by atoms with Crippen molar-refractivity contribution in [3.8, 4) is 5.75 Å². The lowest BCUT2D eigenvalue weighted by Gasteiger charge is -2.10. The van der Waals surface area contributed by atoms with E-state index in [1.54, 1.807) is 30.5 Å². The minimum atomic E-state index is -0.858. The fourth-order valence-electron chi connectivity index (χ4n) is 1.39. The molecule has 0 aromatic heterocycles. The molecule has 0 spiro atoms. The number of carbonyl (C=O) groups excluding carboxylic acids is 1. The van der Waals surface area contributed by atoms with Crippen LogP contribution in [0.25, 0.3) is 0 Å². The summed E-state index contributed by atoms with van der Waals surface area (Å²) < 4.78 is 16.4. The molecule has 1 aromatic rings. The molecule has 0 heterocycles. The maximum absolute atomic E-state index is 11.5. The van der Waals surface area contributed by atoms with Crippen LogP contribution in [0, 0.1) is 0 Å². The van der Waals surface area contributed by atoms with Gasteiger partial charge in [0, 0.05) is 40.6 Å². The van der Waals surface area contributed by atoms with Gasteiger partial charge in [-0.15, -0.1) is 0 Å². The van der Waals surface area contributed by atoms with Gasteiger partial charge in [0.25, 0.3) is 5.91 Å². The van der Waals surface area contributed by atoms with Crippen molar-refractivity contribution in [1.29, 1.82) is 0 Å². The van der Waals surface area contributed by atoms with Crippen LogP contribution >= 0.6 is 0 Å². The Kier molecular flexibility index (Phi) is 6.35. The van der Waals surface area contributed by atoms with Gasteiger partial charge < -0.3 is 15.8 Å². The molecule has 2 atom stereocenters. The van der Waals surface area contributed by atoms with E-state index < -0.39 is 10.8 Å². The van der Waals surface area contributed by atoms with Crippen LogP contribution in [0.3, 0.4) is 0 Å². The largest absolute Gasteiger partial charge is 0.484 e. The summed E-state index contributed by atoms with van der Waals surface area (Å²) in [6.45, 7) is 2.35. The van der Waals surface area contributed by atoms with Crippen molar-refractivity contribution in [2.24, 2.45) is 0 Å².